The highest BCUT2D eigenvalue weighted by molar-refractivity contribution is 5.92. The molecule has 3 atom stereocenters. The summed E-state index contributed by atoms with van der Waals surface area (Å²) < 4.78 is 26.9. The maximum absolute atomic E-state index is 14.7. The molecule has 32 heavy (non-hydrogen) atoms. The van der Waals surface area contributed by atoms with Gasteiger partial charge in [0.15, 0.2) is 0 Å². The molecule has 0 bridgehead atoms. The van der Waals surface area contributed by atoms with Crippen LogP contribution in [0.5, 0.6) is 5.75 Å². The summed E-state index contributed by atoms with van der Waals surface area (Å²) in [7, 11) is 1.67. The number of halogens is 1. The van der Waals surface area contributed by atoms with Gasteiger partial charge < -0.3 is 14.4 Å². The molecule has 3 heterocycles. The van der Waals surface area contributed by atoms with Gasteiger partial charge in [0.25, 0.3) is 0 Å². The second kappa shape index (κ2) is 7.01. The van der Waals surface area contributed by atoms with Crippen LogP contribution < -0.4 is 15.8 Å². The molecule has 3 aliphatic heterocycles. The Morgan fingerprint density at radius 2 is 2.09 bits per heavy atom. The molecule has 8 heteroatoms. The van der Waals surface area contributed by atoms with Crippen molar-refractivity contribution in [3.8, 4) is 22.9 Å². The van der Waals surface area contributed by atoms with E-state index in [2.05, 4.69) is 5.32 Å². The minimum absolute atomic E-state index is 0.166. The molecule has 2 fully saturated rings. The van der Waals surface area contributed by atoms with Gasteiger partial charge in [-0.05, 0) is 55.7 Å². The number of amides is 1. The van der Waals surface area contributed by atoms with Gasteiger partial charge in [0, 0.05) is 31.2 Å². The fraction of sp³-hybridized carbons (Fsp3) is 0.417. The molecule has 2 aromatic rings. The quantitative estimate of drug-likeness (QED) is 0.713. The fourth-order valence-corrected chi connectivity index (χ4v) is 5.20. The molecule has 0 aliphatic carbocycles. The lowest BCUT2D eigenvalue weighted by atomic mass is 9.73. The average Bonchev–Trinajstić information content (AvgIpc) is 2.94. The van der Waals surface area contributed by atoms with Crippen molar-refractivity contribution in [1.29, 1.82) is 5.26 Å². The van der Waals surface area contributed by atoms with E-state index in [1.807, 2.05) is 6.07 Å². The molecule has 2 saturated heterocycles. The minimum Gasteiger partial charge on any atom is -0.484 e. The lowest BCUT2D eigenvalue weighted by Gasteiger charge is -2.48. The highest BCUT2D eigenvalue weighted by Gasteiger charge is 2.62. The van der Waals surface area contributed by atoms with Crippen molar-refractivity contribution in [2.75, 3.05) is 20.3 Å². The molecule has 0 radical (unpaired) electrons. The predicted octanol–water partition coefficient (Wildman–Crippen LogP) is 2.59. The first-order valence-corrected chi connectivity index (χ1v) is 10.7. The van der Waals surface area contributed by atoms with Crippen molar-refractivity contribution in [1.82, 2.24) is 10.2 Å². The summed E-state index contributed by atoms with van der Waals surface area (Å²) in [6.45, 7) is 2.79. The highest BCUT2D eigenvalue weighted by Crippen LogP contribution is 2.51. The van der Waals surface area contributed by atoms with Crippen LogP contribution in [0.15, 0.2) is 36.4 Å². The van der Waals surface area contributed by atoms with Gasteiger partial charge in [-0.1, -0.05) is 6.07 Å². The molecular weight excluding hydrogens is 411 g/mol. The number of hydrogen-bond acceptors (Lipinski definition) is 6. The molecule has 2 aromatic carbocycles. The van der Waals surface area contributed by atoms with Gasteiger partial charge in [-0.25, -0.2) is 4.39 Å². The van der Waals surface area contributed by atoms with Crippen LogP contribution in [-0.2, 0) is 15.1 Å². The first-order chi connectivity index (χ1) is 15.2. The van der Waals surface area contributed by atoms with Crippen molar-refractivity contribution in [2.24, 2.45) is 5.73 Å². The van der Waals surface area contributed by atoms with Gasteiger partial charge in [0.2, 0.25) is 5.91 Å². The molecule has 1 amide bonds. The minimum atomic E-state index is -1.13. The number of ether oxygens (including phenoxy) is 2. The number of nitrogens with one attached hydrogen (secondary N) is 1. The van der Waals surface area contributed by atoms with Gasteiger partial charge in [0.1, 0.15) is 28.5 Å². The van der Waals surface area contributed by atoms with Crippen LogP contribution in [0.1, 0.15) is 37.3 Å². The fourth-order valence-electron chi connectivity index (χ4n) is 5.20. The SMILES string of the molecule is CN1C(=O)C2(CC3(CCCOC3)Oc3ccc(-c4cc(C#N)ccc4F)cc32)NC1(C)N. The Morgan fingerprint density at radius 1 is 1.28 bits per heavy atom. The second-order valence-electron chi connectivity index (χ2n) is 9.18. The summed E-state index contributed by atoms with van der Waals surface area (Å²) in [5.41, 5.74) is 6.46. The first kappa shape index (κ1) is 20.9. The number of nitrogens with zero attached hydrogens (tertiary/aromatic N) is 2. The van der Waals surface area contributed by atoms with Crippen molar-refractivity contribution >= 4 is 5.91 Å². The third kappa shape index (κ3) is 3.00. The number of hydrogen-bond donors (Lipinski definition) is 2. The third-order valence-corrected chi connectivity index (χ3v) is 6.88. The van der Waals surface area contributed by atoms with Crippen LogP contribution >= 0.6 is 0 Å². The van der Waals surface area contributed by atoms with E-state index in [9.17, 15) is 14.4 Å². The van der Waals surface area contributed by atoms with Gasteiger partial charge >= 0.3 is 0 Å². The summed E-state index contributed by atoms with van der Waals surface area (Å²) in [6.07, 6.45) is 1.95. The van der Waals surface area contributed by atoms with E-state index < -0.39 is 22.7 Å². The number of fused-ring (bicyclic) bond motifs is 2. The number of benzene rings is 2. The van der Waals surface area contributed by atoms with Crippen molar-refractivity contribution in [3.63, 3.8) is 0 Å². The van der Waals surface area contributed by atoms with Gasteiger partial charge in [0.05, 0.1) is 18.2 Å². The van der Waals surface area contributed by atoms with E-state index in [0.717, 1.165) is 12.8 Å². The monoisotopic (exact) mass is 436 g/mol. The van der Waals surface area contributed by atoms with Crippen LogP contribution in [-0.4, -0.2) is 42.5 Å². The first-order valence-electron chi connectivity index (χ1n) is 10.7. The lowest BCUT2D eigenvalue weighted by molar-refractivity contribution is -0.140. The molecule has 0 saturated carbocycles. The summed E-state index contributed by atoms with van der Waals surface area (Å²) in [5.74, 6) is -1.13. The summed E-state index contributed by atoms with van der Waals surface area (Å²) in [5, 5.41) is 12.6. The summed E-state index contributed by atoms with van der Waals surface area (Å²) in [4.78, 5) is 15.2. The molecule has 166 valence electrons. The number of nitrogens with two attached hydrogens (primary N) is 1. The number of carbonyl (C=O) groups is 1. The van der Waals surface area contributed by atoms with Gasteiger partial charge in [-0.15, -0.1) is 0 Å². The Morgan fingerprint density at radius 3 is 2.75 bits per heavy atom. The Bertz CT molecular complexity index is 1150. The van der Waals surface area contributed by atoms with Gasteiger partial charge in [-0.2, -0.15) is 5.26 Å². The van der Waals surface area contributed by atoms with E-state index in [-0.39, 0.29) is 11.5 Å². The number of likely N-dealkylation sites (N-methyl/N-ethyl adjacent to an activating group) is 1. The van der Waals surface area contributed by atoms with Crippen LogP contribution in [0, 0.1) is 17.1 Å². The van der Waals surface area contributed by atoms with Crippen molar-refractivity contribution < 1.29 is 18.7 Å². The predicted molar refractivity (Wildman–Crippen MR) is 115 cm³/mol. The molecule has 3 N–H and O–H groups in total. The normalized spacial score (nSPS) is 31.5. The molecule has 3 aliphatic rings. The van der Waals surface area contributed by atoms with Crippen LogP contribution in [0.2, 0.25) is 0 Å². The average molecular weight is 436 g/mol. The van der Waals surface area contributed by atoms with Crippen molar-refractivity contribution in [3.05, 3.63) is 53.3 Å². The standard InChI is InChI=1S/C24H25FN4O3/c1-22(27)28-24(21(30)29(22)2)13-23(8-3-9-31-14-23)32-20-7-5-16(11-18(20)24)17-10-15(12-26)4-6-19(17)25/h4-7,10-11,28H,3,8-9,13-14,27H2,1-2H3. The van der Waals surface area contributed by atoms with Crippen molar-refractivity contribution in [2.45, 2.75) is 43.1 Å². The Balaban J connectivity index is 1.70. The van der Waals surface area contributed by atoms with Gasteiger partial charge in [-0.3, -0.25) is 15.8 Å². The zero-order valence-electron chi connectivity index (χ0n) is 18.1. The lowest BCUT2D eigenvalue weighted by Crippen LogP contribution is -2.62. The molecule has 5 rings (SSSR count). The highest BCUT2D eigenvalue weighted by atomic mass is 19.1. The summed E-state index contributed by atoms with van der Waals surface area (Å²) >= 11 is 0. The largest absolute Gasteiger partial charge is 0.484 e. The molecule has 7 nitrogen and oxygen atoms in total. The third-order valence-electron chi connectivity index (χ3n) is 6.88. The van der Waals surface area contributed by atoms with E-state index in [1.165, 1.54) is 23.1 Å². The Kier molecular flexibility index (Phi) is 4.57. The topological polar surface area (TPSA) is 101 Å². The van der Waals surface area contributed by atoms with Crippen LogP contribution in [0.4, 0.5) is 4.39 Å². The van der Waals surface area contributed by atoms with E-state index >= 15 is 0 Å². The van der Waals surface area contributed by atoms with E-state index in [4.69, 9.17) is 15.2 Å². The van der Waals surface area contributed by atoms with E-state index in [0.29, 0.717) is 42.1 Å². The number of rotatable bonds is 1. The molecular formula is C24H25FN4O3. The number of carbonyl (C=O) groups excluding carboxylic acids is 1. The Hall–Kier alpha value is -2.99. The number of nitriles is 1. The molecule has 0 aromatic heterocycles. The molecule has 2 spiro atoms. The summed E-state index contributed by atoms with van der Waals surface area (Å²) in [6, 6.07) is 11.5. The van der Waals surface area contributed by atoms with Crippen LogP contribution in [0.25, 0.3) is 11.1 Å². The second-order valence-corrected chi connectivity index (χ2v) is 9.18. The zero-order chi connectivity index (χ0) is 22.7. The maximum atomic E-state index is 14.7. The maximum Gasteiger partial charge on any atom is 0.250 e. The van der Waals surface area contributed by atoms with Crippen LogP contribution in [0.3, 0.4) is 0 Å². The smallest absolute Gasteiger partial charge is 0.250 e. The van der Waals surface area contributed by atoms with E-state index in [1.54, 1.807) is 32.2 Å². The molecule has 3 unspecified atom stereocenters. The Labute approximate surface area is 185 Å². The zero-order valence-corrected chi connectivity index (χ0v) is 18.1.